The molecule has 0 saturated carbocycles. The standard InChI is InChI=1S/C15H15Br3FNS/c1-2-5-20-13(14-8-12(17)15(18)21-14)7-9-6-10(19)3-4-11(9)16/h3-4,6,8,13,20H,2,5,7H2,1H3. The quantitative estimate of drug-likeness (QED) is 0.481. The van der Waals surface area contributed by atoms with Crippen molar-refractivity contribution >= 4 is 59.1 Å². The molecule has 21 heavy (non-hydrogen) atoms. The third kappa shape index (κ3) is 4.86. The summed E-state index contributed by atoms with van der Waals surface area (Å²) in [6.07, 6.45) is 1.81. The predicted octanol–water partition coefficient (Wildman–Crippen LogP) is 6.46. The van der Waals surface area contributed by atoms with Gasteiger partial charge in [0.15, 0.2) is 0 Å². The van der Waals surface area contributed by atoms with E-state index < -0.39 is 0 Å². The Labute approximate surface area is 153 Å². The summed E-state index contributed by atoms with van der Waals surface area (Å²) in [5, 5.41) is 3.55. The van der Waals surface area contributed by atoms with Gasteiger partial charge in [-0.05, 0) is 81.1 Å². The highest BCUT2D eigenvalue weighted by Gasteiger charge is 2.17. The molecule has 0 fully saturated rings. The maximum atomic E-state index is 13.5. The largest absolute Gasteiger partial charge is 0.309 e. The number of halogens is 4. The van der Waals surface area contributed by atoms with E-state index in [0.717, 1.165) is 37.7 Å². The lowest BCUT2D eigenvalue weighted by molar-refractivity contribution is 0.533. The molecule has 1 N–H and O–H groups in total. The Morgan fingerprint density at radius 3 is 2.57 bits per heavy atom. The van der Waals surface area contributed by atoms with Crippen LogP contribution in [-0.2, 0) is 6.42 Å². The van der Waals surface area contributed by atoms with E-state index in [2.05, 4.69) is 66.1 Å². The Bertz CT molecular complexity index is 595. The van der Waals surface area contributed by atoms with E-state index in [4.69, 9.17) is 0 Å². The zero-order chi connectivity index (χ0) is 15.4. The van der Waals surface area contributed by atoms with Gasteiger partial charge in [-0.15, -0.1) is 11.3 Å². The van der Waals surface area contributed by atoms with Crippen LogP contribution in [0.2, 0.25) is 0 Å². The molecular weight excluding hydrogens is 485 g/mol. The summed E-state index contributed by atoms with van der Waals surface area (Å²) >= 11 is 12.3. The molecule has 6 heteroatoms. The van der Waals surface area contributed by atoms with E-state index in [0.29, 0.717) is 0 Å². The highest BCUT2D eigenvalue weighted by molar-refractivity contribution is 9.13. The molecule has 2 aromatic rings. The van der Waals surface area contributed by atoms with Gasteiger partial charge < -0.3 is 5.32 Å². The molecular formula is C15H15Br3FNS. The molecule has 1 atom stereocenters. The van der Waals surface area contributed by atoms with E-state index >= 15 is 0 Å². The molecule has 0 radical (unpaired) electrons. The minimum absolute atomic E-state index is 0.177. The summed E-state index contributed by atoms with van der Waals surface area (Å²) in [5.74, 6) is -0.198. The number of thiophene rings is 1. The van der Waals surface area contributed by atoms with Gasteiger partial charge in [-0.3, -0.25) is 0 Å². The van der Waals surface area contributed by atoms with Crippen LogP contribution in [0.3, 0.4) is 0 Å². The van der Waals surface area contributed by atoms with Crippen LogP contribution in [0.15, 0.2) is 37.0 Å². The van der Waals surface area contributed by atoms with Gasteiger partial charge in [0.05, 0.1) is 3.79 Å². The summed E-state index contributed by atoms with van der Waals surface area (Å²) in [4.78, 5) is 1.23. The average Bonchev–Trinajstić information content (AvgIpc) is 2.78. The van der Waals surface area contributed by atoms with Gasteiger partial charge in [0.25, 0.3) is 0 Å². The third-order valence-corrected chi connectivity index (χ3v) is 7.22. The molecule has 0 amide bonds. The summed E-state index contributed by atoms with van der Waals surface area (Å²) in [7, 11) is 0. The lowest BCUT2D eigenvalue weighted by Gasteiger charge is -2.18. The molecule has 1 aromatic heterocycles. The molecule has 114 valence electrons. The van der Waals surface area contributed by atoms with Crippen molar-refractivity contribution in [3.63, 3.8) is 0 Å². The van der Waals surface area contributed by atoms with Crippen LogP contribution >= 0.6 is 59.1 Å². The maximum Gasteiger partial charge on any atom is 0.123 e. The van der Waals surface area contributed by atoms with E-state index in [1.54, 1.807) is 23.5 Å². The van der Waals surface area contributed by atoms with Gasteiger partial charge in [-0.2, -0.15) is 0 Å². The van der Waals surface area contributed by atoms with Crippen molar-refractivity contribution in [2.45, 2.75) is 25.8 Å². The maximum absolute atomic E-state index is 13.5. The lowest BCUT2D eigenvalue weighted by Crippen LogP contribution is -2.23. The number of hydrogen-bond acceptors (Lipinski definition) is 2. The smallest absolute Gasteiger partial charge is 0.123 e. The molecule has 0 saturated heterocycles. The van der Waals surface area contributed by atoms with Crippen molar-refractivity contribution < 1.29 is 4.39 Å². The fraction of sp³-hybridized carbons (Fsp3) is 0.333. The number of hydrogen-bond donors (Lipinski definition) is 1. The van der Waals surface area contributed by atoms with Crippen LogP contribution in [0.1, 0.15) is 29.8 Å². The summed E-state index contributed by atoms with van der Waals surface area (Å²) in [6.45, 7) is 3.08. The van der Waals surface area contributed by atoms with Crippen LogP contribution < -0.4 is 5.32 Å². The topological polar surface area (TPSA) is 12.0 Å². The Hall–Kier alpha value is 0.250. The van der Waals surface area contributed by atoms with Crippen LogP contribution in [0.4, 0.5) is 4.39 Å². The summed E-state index contributed by atoms with van der Waals surface area (Å²) in [6, 6.07) is 7.13. The lowest BCUT2D eigenvalue weighted by atomic mass is 10.0. The number of nitrogens with one attached hydrogen (secondary N) is 1. The number of rotatable bonds is 6. The predicted molar refractivity (Wildman–Crippen MR) is 98.6 cm³/mol. The monoisotopic (exact) mass is 497 g/mol. The Kier molecular flexibility index (Phi) is 6.87. The van der Waals surface area contributed by atoms with E-state index in [-0.39, 0.29) is 11.9 Å². The molecule has 0 bridgehead atoms. The van der Waals surface area contributed by atoms with E-state index in [1.807, 2.05) is 0 Å². The Morgan fingerprint density at radius 2 is 1.95 bits per heavy atom. The van der Waals surface area contributed by atoms with Crippen molar-refractivity contribution in [3.05, 3.63) is 53.3 Å². The fourth-order valence-corrected chi connectivity index (χ4v) is 4.62. The van der Waals surface area contributed by atoms with Crippen LogP contribution in [-0.4, -0.2) is 6.54 Å². The second-order valence-electron chi connectivity index (χ2n) is 4.72. The molecule has 1 aromatic carbocycles. The Balaban J connectivity index is 2.25. The van der Waals surface area contributed by atoms with Crippen molar-refractivity contribution in [1.82, 2.24) is 5.32 Å². The van der Waals surface area contributed by atoms with Crippen molar-refractivity contribution in [2.24, 2.45) is 0 Å². The van der Waals surface area contributed by atoms with Crippen LogP contribution in [0, 0.1) is 5.82 Å². The first-order valence-corrected chi connectivity index (χ1v) is 9.82. The van der Waals surface area contributed by atoms with Crippen molar-refractivity contribution in [1.29, 1.82) is 0 Å². The van der Waals surface area contributed by atoms with Crippen molar-refractivity contribution in [2.75, 3.05) is 6.54 Å². The SMILES string of the molecule is CCCNC(Cc1cc(F)ccc1Br)c1cc(Br)c(Br)s1. The molecule has 0 aliphatic carbocycles. The minimum Gasteiger partial charge on any atom is -0.309 e. The molecule has 1 unspecified atom stereocenters. The van der Waals surface area contributed by atoms with Gasteiger partial charge in [-0.25, -0.2) is 4.39 Å². The average molecular weight is 500 g/mol. The Morgan fingerprint density at radius 1 is 1.19 bits per heavy atom. The second-order valence-corrected chi connectivity index (χ2v) is 8.83. The molecule has 1 heterocycles. The van der Waals surface area contributed by atoms with Crippen LogP contribution in [0.5, 0.6) is 0 Å². The fourth-order valence-electron chi connectivity index (χ4n) is 2.05. The first-order chi connectivity index (χ1) is 10.0. The molecule has 0 spiro atoms. The molecule has 1 nitrogen and oxygen atoms in total. The van der Waals surface area contributed by atoms with Gasteiger partial charge in [0, 0.05) is 19.9 Å². The normalized spacial score (nSPS) is 12.6. The highest BCUT2D eigenvalue weighted by Crippen LogP contribution is 2.37. The molecule has 2 rings (SSSR count). The summed E-state index contributed by atoms with van der Waals surface area (Å²) < 4.78 is 16.6. The molecule has 0 aliphatic rings. The first kappa shape index (κ1) is 17.6. The van der Waals surface area contributed by atoms with Gasteiger partial charge in [0.1, 0.15) is 5.82 Å². The van der Waals surface area contributed by atoms with Gasteiger partial charge >= 0.3 is 0 Å². The minimum atomic E-state index is -0.198. The highest BCUT2D eigenvalue weighted by atomic mass is 79.9. The van der Waals surface area contributed by atoms with Crippen LogP contribution in [0.25, 0.3) is 0 Å². The van der Waals surface area contributed by atoms with Gasteiger partial charge in [-0.1, -0.05) is 22.9 Å². The van der Waals surface area contributed by atoms with Crippen molar-refractivity contribution in [3.8, 4) is 0 Å². The number of benzene rings is 1. The zero-order valence-electron chi connectivity index (χ0n) is 11.4. The second kappa shape index (κ2) is 8.20. The molecule has 0 aliphatic heterocycles. The van der Waals surface area contributed by atoms with E-state index in [9.17, 15) is 4.39 Å². The first-order valence-electron chi connectivity index (χ1n) is 6.63. The zero-order valence-corrected chi connectivity index (χ0v) is 17.0. The van der Waals surface area contributed by atoms with E-state index in [1.165, 1.54) is 10.9 Å². The van der Waals surface area contributed by atoms with Gasteiger partial charge in [0.2, 0.25) is 0 Å². The summed E-state index contributed by atoms with van der Waals surface area (Å²) in [5.41, 5.74) is 0.976. The third-order valence-electron chi connectivity index (χ3n) is 3.08.